The molecular formula is C18H27NO3S. The molecule has 1 heterocycles. The first-order chi connectivity index (χ1) is 10.6. The van der Waals surface area contributed by atoms with Gasteiger partial charge in [-0.05, 0) is 69.3 Å². The van der Waals surface area contributed by atoms with E-state index < -0.39 is 9.84 Å². The van der Waals surface area contributed by atoms with E-state index in [4.69, 9.17) is 0 Å². The number of rotatable bonds is 5. The zero-order valence-corrected chi connectivity index (χ0v) is 15.6. The quantitative estimate of drug-likeness (QED) is 0.775. The summed E-state index contributed by atoms with van der Waals surface area (Å²) in [6, 6.07) is 2.08. The lowest BCUT2D eigenvalue weighted by Crippen LogP contribution is -2.27. The third-order valence-corrected chi connectivity index (χ3v) is 6.64. The maximum atomic E-state index is 11.9. The van der Waals surface area contributed by atoms with Crippen LogP contribution in [0.25, 0.3) is 0 Å². The van der Waals surface area contributed by atoms with Gasteiger partial charge in [-0.25, -0.2) is 8.42 Å². The van der Waals surface area contributed by atoms with Crippen LogP contribution in [-0.4, -0.2) is 44.2 Å². The molecule has 0 aliphatic carbocycles. The van der Waals surface area contributed by atoms with Crippen molar-refractivity contribution < 1.29 is 13.2 Å². The molecule has 1 saturated heterocycles. The molecule has 0 radical (unpaired) electrons. The molecular weight excluding hydrogens is 310 g/mol. The van der Waals surface area contributed by atoms with Crippen LogP contribution in [-0.2, 0) is 16.4 Å². The fourth-order valence-electron chi connectivity index (χ4n) is 3.80. The van der Waals surface area contributed by atoms with Crippen molar-refractivity contribution in [2.45, 2.75) is 40.7 Å². The SMILES string of the molecule is CC(=O)c1c(C)cc(C)c(CN(C)CC2CCS(=O)(=O)C2)c1C. The van der Waals surface area contributed by atoms with Gasteiger partial charge in [-0.2, -0.15) is 0 Å². The second-order valence-electron chi connectivity index (χ2n) is 7.01. The molecule has 23 heavy (non-hydrogen) atoms. The van der Waals surface area contributed by atoms with Gasteiger partial charge in [0.05, 0.1) is 11.5 Å². The van der Waals surface area contributed by atoms with Crippen LogP contribution in [0.3, 0.4) is 0 Å². The van der Waals surface area contributed by atoms with E-state index in [0.29, 0.717) is 11.5 Å². The fourth-order valence-corrected chi connectivity index (χ4v) is 5.65. The topological polar surface area (TPSA) is 54.5 Å². The summed E-state index contributed by atoms with van der Waals surface area (Å²) in [5, 5.41) is 0. The molecule has 1 unspecified atom stereocenters. The summed E-state index contributed by atoms with van der Waals surface area (Å²) in [5.74, 6) is 0.957. The highest BCUT2D eigenvalue weighted by molar-refractivity contribution is 7.91. The molecule has 1 aromatic carbocycles. The van der Waals surface area contributed by atoms with E-state index in [1.54, 1.807) is 6.92 Å². The summed E-state index contributed by atoms with van der Waals surface area (Å²) in [5.41, 5.74) is 5.28. The molecule has 1 aliphatic heterocycles. The van der Waals surface area contributed by atoms with Gasteiger partial charge in [-0.3, -0.25) is 4.79 Å². The van der Waals surface area contributed by atoms with Gasteiger partial charge >= 0.3 is 0 Å². The van der Waals surface area contributed by atoms with Crippen molar-refractivity contribution in [3.63, 3.8) is 0 Å². The van der Waals surface area contributed by atoms with Crippen molar-refractivity contribution in [3.8, 4) is 0 Å². The van der Waals surface area contributed by atoms with Crippen LogP contribution in [0, 0.1) is 26.7 Å². The van der Waals surface area contributed by atoms with Gasteiger partial charge in [-0.1, -0.05) is 6.07 Å². The lowest BCUT2D eigenvalue weighted by Gasteiger charge is -2.24. The normalized spacial score (nSPS) is 20.2. The second-order valence-corrected chi connectivity index (χ2v) is 9.24. The predicted molar refractivity (Wildman–Crippen MR) is 93.8 cm³/mol. The zero-order chi connectivity index (χ0) is 17.4. The number of sulfone groups is 1. The van der Waals surface area contributed by atoms with E-state index in [9.17, 15) is 13.2 Å². The minimum atomic E-state index is -2.83. The van der Waals surface area contributed by atoms with Crippen LogP contribution in [0.5, 0.6) is 0 Å². The molecule has 2 rings (SSSR count). The molecule has 1 fully saturated rings. The monoisotopic (exact) mass is 337 g/mol. The highest BCUT2D eigenvalue weighted by Crippen LogP contribution is 2.25. The fraction of sp³-hybridized carbons (Fsp3) is 0.611. The lowest BCUT2D eigenvalue weighted by molar-refractivity contribution is 0.101. The van der Waals surface area contributed by atoms with Gasteiger partial charge in [0.25, 0.3) is 0 Å². The number of aryl methyl sites for hydroxylation is 2. The molecule has 0 amide bonds. The number of benzene rings is 1. The van der Waals surface area contributed by atoms with Crippen molar-refractivity contribution in [3.05, 3.63) is 33.9 Å². The molecule has 0 N–H and O–H groups in total. The average molecular weight is 337 g/mol. The number of nitrogens with zero attached hydrogens (tertiary/aromatic N) is 1. The number of carbonyl (C=O) groups excluding carboxylic acids is 1. The summed E-state index contributed by atoms with van der Waals surface area (Å²) in [6.07, 6.45) is 0.761. The summed E-state index contributed by atoms with van der Waals surface area (Å²) in [4.78, 5) is 14.1. The molecule has 128 valence electrons. The van der Waals surface area contributed by atoms with Crippen molar-refractivity contribution in [2.75, 3.05) is 25.1 Å². The molecule has 5 heteroatoms. The molecule has 1 aliphatic rings. The summed E-state index contributed by atoms with van der Waals surface area (Å²) in [6.45, 7) is 9.21. The molecule has 4 nitrogen and oxygen atoms in total. The minimum Gasteiger partial charge on any atom is -0.302 e. The minimum absolute atomic E-state index is 0.103. The number of Topliss-reactive ketones (excluding diaryl/α,β-unsaturated/α-hetero) is 1. The Hall–Kier alpha value is -1.20. The maximum absolute atomic E-state index is 11.9. The number of hydrogen-bond donors (Lipinski definition) is 0. The Morgan fingerprint density at radius 2 is 1.91 bits per heavy atom. The van der Waals surface area contributed by atoms with Crippen LogP contribution < -0.4 is 0 Å². The van der Waals surface area contributed by atoms with Crippen molar-refractivity contribution in [1.29, 1.82) is 0 Å². The van der Waals surface area contributed by atoms with Crippen LogP contribution in [0.1, 0.15) is 46.0 Å². The predicted octanol–water partition coefficient (Wildman–Crippen LogP) is 2.68. The largest absolute Gasteiger partial charge is 0.302 e. The van der Waals surface area contributed by atoms with E-state index >= 15 is 0 Å². The smallest absolute Gasteiger partial charge is 0.160 e. The van der Waals surface area contributed by atoms with Gasteiger partial charge in [-0.15, -0.1) is 0 Å². The van der Waals surface area contributed by atoms with E-state index in [-0.39, 0.29) is 11.7 Å². The Balaban J connectivity index is 2.16. The van der Waals surface area contributed by atoms with Gasteiger partial charge in [0, 0.05) is 18.7 Å². The van der Waals surface area contributed by atoms with E-state index in [1.165, 1.54) is 11.1 Å². The number of carbonyl (C=O) groups is 1. The van der Waals surface area contributed by atoms with E-state index in [2.05, 4.69) is 17.9 Å². The lowest BCUT2D eigenvalue weighted by atomic mass is 9.91. The molecule has 0 bridgehead atoms. The Labute approximate surface area is 139 Å². The van der Waals surface area contributed by atoms with Crippen molar-refractivity contribution in [1.82, 2.24) is 4.90 Å². The van der Waals surface area contributed by atoms with Crippen LogP contribution in [0.4, 0.5) is 0 Å². The summed E-state index contributed by atoms with van der Waals surface area (Å²) < 4.78 is 23.2. The van der Waals surface area contributed by atoms with E-state index in [0.717, 1.165) is 36.2 Å². The first-order valence-electron chi connectivity index (χ1n) is 8.10. The molecule has 1 atom stereocenters. The van der Waals surface area contributed by atoms with Crippen LogP contribution >= 0.6 is 0 Å². The van der Waals surface area contributed by atoms with Gasteiger partial charge in [0.15, 0.2) is 15.6 Å². The molecule has 0 saturated carbocycles. The second kappa shape index (κ2) is 6.73. The Morgan fingerprint density at radius 1 is 1.26 bits per heavy atom. The summed E-state index contributed by atoms with van der Waals surface area (Å²) in [7, 11) is -0.800. The standard InChI is InChI=1S/C18H27NO3S/c1-12-8-13(2)18(15(4)20)14(3)17(12)10-19(5)9-16-6-7-23(21,22)11-16/h8,16H,6-7,9-11H2,1-5H3. The van der Waals surface area contributed by atoms with Gasteiger partial charge < -0.3 is 4.90 Å². The Kier molecular flexibility index (Phi) is 5.31. The Bertz CT molecular complexity index is 722. The number of hydrogen-bond acceptors (Lipinski definition) is 4. The third kappa shape index (κ3) is 4.21. The highest BCUT2D eigenvalue weighted by atomic mass is 32.2. The molecule has 1 aromatic rings. The molecule has 0 aromatic heterocycles. The van der Waals surface area contributed by atoms with E-state index in [1.807, 2.05) is 20.9 Å². The molecule has 0 spiro atoms. The van der Waals surface area contributed by atoms with Crippen molar-refractivity contribution in [2.24, 2.45) is 5.92 Å². The summed E-state index contributed by atoms with van der Waals surface area (Å²) >= 11 is 0. The first kappa shape index (κ1) is 18.1. The number of ketones is 1. The van der Waals surface area contributed by atoms with Gasteiger partial charge in [0.1, 0.15) is 0 Å². The van der Waals surface area contributed by atoms with Crippen LogP contribution in [0.15, 0.2) is 6.07 Å². The van der Waals surface area contributed by atoms with Crippen LogP contribution in [0.2, 0.25) is 0 Å². The first-order valence-corrected chi connectivity index (χ1v) is 9.92. The highest BCUT2D eigenvalue weighted by Gasteiger charge is 2.28. The average Bonchev–Trinajstić information content (AvgIpc) is 2.73. The third-order valence-electron chi connectivity index (χ3n) is 4.81. The van der Waals surface area contributed by atoms with Gasteiger partial charge in [0.2, 0.25) is 0 Å². The maximum Gasteiger partial charge on any atom is 0.160 e. The zero-order valence-electron chi connectivity index (χ0n) is 14.8. The Morgan fingerprint density at radius 3 is 2.43 bits per heavy atom. The van der Waals surface area contributed by atoms with Crippen molar-refractivity contribution >= 4 is 15.6 Å².